The van der Waals surface area contributed by atoms with Gasteiger partial charge in [0.25, 0.3) is 0 Å². The second kappa shape index (κ2) is 7.54. The summed E-state index contributed by atoms with van der Waals surface area (Å²) in [5.74, 6) is -0.284. The third kappa shape index (κ3) is 4.27. The predicted molar refractivity (Wildman–Crippen MR) is 86.7 cm³/mol. The molecular weight excluding hydrogens is 335 g/mol. The number of halogens is 2. The fraction of sp³-hybridized carbons (Fsp3) is 0.250. The lowest BCUT2D eigenvalue weighted by atomic mass is 10.0. The van der Waals surface area contributed by atoms with Crippen molar-refractivity contribution < 1.29 is 9.13 Å². The Balaban J connectivity index is 2.13. The summed E-state index contributed by atoms with van der Waals surface area (Å²) in [4.78, 5) is 0. The van der Waals surface area contributed by atoms with Crippen molar-refractivity contribution in [2.24, 2.45) is 5.73 Å². The van der Waals surface area contributed by atoms with Crippen molar-refractivity contribution in [3.63, 3.8) is 0 Å². The number of benzene rings is 2. The normalized spacial score (nSPS) is 12.2. The molecule has 0 aromatic heterocycles. The largest absolute Gasteiger partial charge is 0.380 e. The number of anilines is 1. The van der Waals surface area contributed by atoms with E-state index in [1.165, 1.54) is 6.07 Å². The van der Waals surface area contributed by atoms with Crippen LogP contribution in [0.1, 0.15) is 17.2 Å². The van der Waals surface area contributed by atoms with E-state index in [0.29, 0.717) is 17.6 Å². The molecule has 1 atom stereocenters. The Labute approximate surface area is 132 Å². The Morgan fingerprint density at radius 3 is 2.52 bits per heavy atom. The zero-order valence-corrected chi connectivity index (χ0v) is 13.4. The average molecular weight is 353 g/mol. The molecule has 0 fully saturated rings. The van der Waals surface area contributed by atoms with E-state index in [4.69, 9.17) is 10.5 Å². The second-order valence-electron chi connectivity index (χ2n) is 4.74. The van der Waals surface area contributed by atoms with Gasteiger partial charge in [0.1, 0.15) is 5.82 Å². The van der Waals surface area contributed by atoms with Gasteiger partial charge in [0.05, 0.1) is 17.1 Å². The van der Waals surface area contributed by atoms with Crippen molar-refractivity contribution in [3.05, 3.63) is 63.9 Å². The van der Waals surface area contributed by atoms with Crippen molar-refractivity contribution in [2.75, 3.05) is 19.0 Å². The molecule has 0 bridgehead atoms. The molecule has 0 radical (unpaired) electrons. The summed E-state index contributed by atoms with van der Waals surface area (Å²) in [6.45, 7) is 1.03. The molecule has 0 amide bonds. The molecule has 0 saturated heterocycles. The summed E-state index contributed by atoms with van der Waals surface area (Å²) in [7, 11) is 1.67. The van der Waals surface area contributed by atoms with Gasteiger partial charge in [0, 0.05) is 19.3 Å². The van der Waals surface area contributed by atoms with Crippen LogP contribution in [0.3, 0.4) is 0 Å². The number of methoxy groups -OCH3 is 1. The third-order valence-electron chi connectivity index (χ3n) is 3.19. The van der Waals surface area contributed by atoms with Crippen LogP contribution >= 0.6 is 15.9 Å². The lowest BCUT2D eigenvalue weighted by Crippen LogP contribution is -2.20. The minimum absolute atomic E-state index is 0.0287. The number of nitrogens with two attached hydrogens (primary N) is 1. The van der Waals surface area contributed by atoms with Crippen LogP contribution in [-0.4, -0.2) is 13.7 Å². The number of hydrogen-bond acceptors (Lipinski definition) is 3. The van der Waals surface area contributed by atoms with Crippen LogP contribution in [0.2, 0.25) is 0 Å². The van der Waals surface area contributed by atoms with E-state index >= 15 is 0 Å². The van der Waals surface area contributed by atoms with Crippen LogP contribution in [-0.2, 0) is 11.3 Å². The molecule has 5 heteroatoms. The smallest absolute Gasteiger partial charge is 0.137 e. The number of rotatable bonds is 6. The summed E-state index contributed by atoms with van der Waals surface area (Å²) in [6, 6.07) is 12.9. The lowest BCUT2D eigenvalue weighted by Gasteiger charge is -2.19. The Bertz CT molecular complexity index is 589. The van der Waals surface area contributed by atoms with Crippen molar-refractivity contribution >= 4 is 21.6 Å². The van der Waals surface area contributed by atoms with Gasteiger partial charge in [-0.05, 0) is 45.3 Å². The molecule has 2 rings (SSSR count). The van der Waals surface area contributed by atoms with Crippen molar-refractivity contribution in [2.45, 2.75) is 12.6 Å². The van der Waals surface area contributed by atoms with Gasteiger partial charge in [-0.25, -0.2) is 4.39 Å². The van der Waals surface area contributed by atoms with E-state index < -0.39 is 0 Å². The maximum atomic E-state index is 13.2. The molecular formula is C16H18BrFN2O. The Kier molecular flexibility index (Phi) is 5.73. The van der Waals surface area contributed by atoms with Crippen LogP contribution in [0.25, 0.3) is 0 Å². The maximum Gasteiger partial charge on any atom is 0.137 e. The fourth-order valence-electron chi connectivity index (χ4n) is 2.08. The van der Waals surface area contributed by atoms with Crippen molar-refractivity contribution in [1.29, 1.82) is 0 Å². The molecule has 0 aliphatic rings. The lowest BCUT2D eigenvalue weighted by molar-refractivity contribution is 0.185. The molecule has 2 aromatic carbocycles. The molecule has 112 valence electrons. The first kappa shape index (κ1) is 15.9. The molecule has 0 saturated carbocycles. The third-order valence-corrected chi connectivity index (χ3v) is 3.80. The highest BCUT2D eigenvalue weighted by Gasteiger charge is 2.10. The van der Waals surface area contributed by atoms with Gasteiger partial charge in [-0.15, -0.1) is 0 Å². The molecule has 0 aliphatic carbocycles. The van der Waals surface area contributed by atoms with E-state index in [0.717, 1.165) is 16.8 Å². The fourth-order valence-corrected chi connectivity index (χ4v) is 2.46. The molecule has 3 nitrogen and oxygen atoms in total. The summed E-state index contributed by atoms with van der Waals surface area (Å²) < 4.78 is 18.8. The van der Waals surface area contributed by atoms with Gasteiger partial charge in [-0.1, -0.05) is 24.3 Å². The summed E-state index contributed by atoms with van der Waals surface area (Å²) in [6.07, 6.45) is 0. The second-order valence-corrected chi connectivity index (χ2v) is 5.59. The molecule has 1 unspecified atom stereocenters. The molecule has 2 aromatic rings. The van der Waals surface area contributed by atoms with E-state index in [-0.39, 0.29) is 11.9 Å². The van der Waals surface area contributed by atoms with Gasteiger partial charge in [-0.2, -0.15) is 0 Å². The van der Waals surface area contributed by atoms with Gasteiger partial charge < -0.3 is 15.8 Å². The highest BCUT2D eigenvalue weighted by Crippen LogP contribution is 2.24. The zero-order valence-electron chi connectivity index (χ0n) is 11.8. The van der Waals surface area contributed by atoms with Crippen LogP contribution in [0.4, 0.5) is 10.1 Å². The SMILES string of the molecule is COCc1ccc(C(CN)Nc2ccc(F)c(Br)c2)cc1. The number of nitrogens with one attached hydrogen (secondary N) is 1. The monoisotopic (exact) mass is 352 g/mol. The van der Waals surface area contributed by atoms with Crippen LogP contribution in [0.5, 0.6) is 0 Å². The van der Waals surface area contributed by atoms with Gasteiger partial charge in [0.15, 0.2) is 0 Å². The molecule has 3 N–H and O–H groups in total. The Morgan fingerprint density at radius 2 is 1.95 bits per heavy atom. The van der Waals surface area contributed by atoms with E-state index in [1.807, 2.05) is 24.3 Å². The summed E-state index contributed by atoms with van der Waals surface area (Å²) >= 11 is 3.18. The van der Waals surface area contributed by atoms with E-state index in [1.54, 1.807) is 19.2 Å². The topological polar surface area (TPSA) is 47.3 Å². The van der Waals surface area contributed by atoms with Crippen molar-refractivity contribution in [3.8, 4) is 0 Å². The minimum Gasteiger partial charge on any atom is -0.380 e. The zero-order chi connectivity index (χ0) is 15.2. The Hall–Kier alpha value is -1.43. The maximum absolute atomic E-state index is 13.2. The van der Waals surface area contributed by atoms with E-state index in [9.17, 15) is 4.39 Å². The standard InChI is InChI=1S/C16H18BrFN2O/c1-21-10-11-2-4-12(5-3-11)16(9-19)20-13-6-7-15(18)14(17)8-13/h2-8,16,20H,9-10,19H2,1H3. The number of ether oxygens (including phenoxy) is 1. The number of hydrogen-bond donors (Lipinski definition) is 2. The van der Waals surface area contributed by atoms with E-state index in [2.05, 4.69) is 21.2 Å². The molecule has 0 spiro atoms. The first-order valence-corrected chi connectivity index (χ1v) is 7.42. The Morgan fingerprint density at radius 1 is 1.24 bits per heavy atom. The molecule has 0 aliphatic heterocycles. The highest BCUT2D eigenvalue weighted by molar-refractivity contribution is 9.10. The van der Waals surface area contributed by atoms with Gasteiger partial charge in [0.2, 0.25) is 0 Å². The minimum atomic E-state index is -0.284. The van der Waals surface area contributed by atoms with Gasteiger partial charge >= 0.3 is 0 Å². The quantitative estimate of drug-likeness (QED) is 0.829. The first-order chi connectivity index (χ1) is 10.1. The summed E-state index contributed by atoms with van der Waals surface area (Å²) in [5, 5.41) is 3.31. The van der Waals surface area contributed by atoms with Gasteiger partial charge in [-0.3, -0.25) is 0 Å². The molecule has 21 heavy (non-hydrogen) atoms. The summed E-state index contributed by atoms with van der Waals surface area (Å²) in [5.41, 5.74) is 8.86. The van der Waals surface area contributed by atoms with Crippen LogP contribution < -0.4 is 11.1 Å². The van der Waals surface area contributed by atoms with Crippen molar-refractivity contribution in [1.82, 2.24) is 0 Å². The first-order valence-electron chi connectivity index (χ1n) is 6.63. The predicted octanol–water partition coefficient (Wildman–Crippen LogP) is 3.85. The molecule has 0 heterocycles. The average Bonchev–Trinajstić information content (AvgIpc) is 2.50. The highest BCUT2D eigenvalue weighted by atomic mass is 79.9. The van der Waals surface area contributed by atoms with Crippen LogP contribution in [0.15, 0.2) is 46.9 Å². The van der Waals surface area contributed by atoms with Crippen LogP contribution in [0, 0.1) is 5.82 Å².